The smallest absolute Gasteiger partial charge is 0.322 e. The van der Waals surface area contributed by atoms with Crippen molar-refractivity contribution in [1.29, 1.82) is 0 Å². The minimum atomic E-state index is -0.506. The van der Waals surface area contributed by atoms with E-state index >= 15 is 0 Å². The maximum atomic E-state index is 13.3. The molecule has 0 fully saturated rings. The van der Waals surface area contributed by atoms with Crippen molar-refractivity contribution in [3.05, 3.63) is 46.7 Å². The number of nitrogens with one attached hydrogen (secondary N) is 1. The highest BCUT2D eigenvalue weighted by atomic mass is 16.2. The molecule has 2 aliphatic rings. The first-order valence-corrected chi connectivity index (χ1v) is 10.1. The summed E-state index contributed by atoms with van der Waals surface area (Å²) in [6.07, 6.45) is 0. The van der Waals surface area contributed by atoms with Crippen LogP contribution >= 0.6 is 0 Å². The third-order valence-electron chi connectivity index (χ3n) is 5.57. The number of likely N-dealkylation sites (N-methyl/N-ethyl adjacent to an activating group) is 1. The summed E-state index contributed by atoms with van der Waals surface area (Å²) >= 11 is 0. The molecular formula is C22H30N4O3. The minimum absolute atomic E-state index is 0.00480. The van der Waals surface area contributed by atoms with E-state index in [1.165, 1.54) is 4.90 Å². The second-order valence-electron chi connectivity index (χ2n) is 8.36. The first-order valence-electron chi connectivity index (χ1n) is 10.1. The van der Waals surface area contributed by atoms with Crippen LogP contribution in [0.2, 0.25) is 0 Å². The molecule has 0 bridgehead atoms. The SMILES string of the molecule is Cc1ccc(C2NC(=O)N(C)C3=C2C(=O)N(CC(=O)N(C(C)C)C(C)C)C3)cc1. The first-order chi connectivity index (χ1) is 13.6. The van der Waals surface area contributed by atoms with Crippen LogP contribution in [0.25, 0.3) is 0 Å². The molecule has 2 heterocycles. The fraction of sp³-hybridized carbons (Fsp3) is 0.500. The number of hydrogen-bond donors (Lipinski definition) is 1. The maximum Gasteiger partial charge on any atom is 0.322 e. The van der Waals surface area contributed by atoms with Crippen molar-refractivity contribution in [3.63, 3.8) is 0 Å². The summed E-state index contributed by atoms with van der Waals surface area (Å²) in [5.41, 5.74) is 3.17. The number of carbonyl (C=O) groups is 3. The number of carbonyl (C=O) groups excluding carboxylic acids is 3. The molecule has 3 rings (SSSR count). The van der Waals surface area contributed by atoms with Crippen molar-refractivity contribution in [2.45, 2.75) is 52.7 Å². The highest BCUT2D eigenvalue weighted by Crippen LogP contribution is 2.35. The van der Waals surface area contributed by atoms with Gasteiger partial charge in [0.1, 0.15) is 6.54 Å². The molecule has 1 N–H and O–H groups in total. The zero-order valence-electron chi connectivity index (χ0n) is 18.0. The lowest BCUT2D eigenvalue weighted by Gasteiger charge is -2.32. The second-order valence-corrected chi connectivity index (χ2v) is 8.36. The van der Waals surface area contributed by atoms with Crippen molar-refractivity contribution >= 4 is 17.8 Å². The average molecular weight is 399 g/mol. The van der Waals surface area contributed by atoms with Crippen molar-refractivity contribution in [2.24, 2.45) is 0 Å². The Balaban J connectivity index is 1.88. The zero-order valence-corrected chi connectivity index (χ0v) is 18.0. The molecule has 29 heavy (non-hydrogen) atoms. The van der Waals surface area contributed by atoms with Crippen LogP contribution in [-0.4, -0.2) is 64.8 Å². The standard InChI is InChI=1S/C22H30N4O3/c1-13(2)26(14(3)4)18(27)12-25-11-17-19(21(25)28)20(23-22(29)24(17)6)16-9-7-15(5)8-10-16/h7-10,13-14,20H,11-12H2,1-6H3,(H,23,29). The monoisotopic (exact) mass is 398 g/mol. The van der Waals surface area contributed by atoms with Crippen LogP contribution in [-0.2, 0) is 9.59 Å². The molecule has 0 saturated heterocycles. The van der Waals surface area contributed by atoms with Crippen LogP contribution in [0, 0.1) is 6.92 Å². The molecular weight excluding hydrogens is 368 g/mol. The summed E-state index contributed by atoms with van der Waals surface area (Å²) in [6.45, 7) is 10.1. The molecule has 156 valence electrons. The van der Waals surface area contributed by atoms with Gasteiger partial charge >= 0.3 is 6.03 Å². The number of hydrogen-bond acceptors (Lipinski definition) is 3. The van der Waals surface area contributed by atoms with Gasteiger partial charge in [0.25, 0.3) is 5.91 Å². The molecule has 1 atom stereocenters. The molecule has 7 heteroatoms. The quantitative estimate of drug-likeness (QED) is 0.828. The summed E-state index contributed by atoms with van der Waals surface area (Å²) in [7, 11) is 1.66. The number of rotatable bonds is 5. The van der Waals surface area contributed by atoms with Gasteiger partial charge in [0.15, 0.2) is 0 Å². The summed E-state index contributed by atoms with van der Waals surface area (Å²) in [4.78, 5) is 43.4. The third kappa shape index (κ3) is 3.86. The Morgan fingerprint density at radius 2 is 1.72 bits per heavy atom. The highest BCUT2D eigenvalue weighted by molar-refractivity contribution is 6.03. The lowest BCUT2D eigenvalue weighted by atomic mass is 9.95. The van der Waals surface area contributed by atoms with Crippen LogP contribution in [0.15, 0.2) is 35.5 Å². The van der Waals surface area contributed by atoms with Gasteiger partial charge in [-0.3, -0.25) is 14.5 Å². The fourth-order valence-electron chi connectivity index (χ4n) is 4.18. The fourth-order valence-corrected chi connectivity index (χ4v) is 4.18. The van der Waals surface area contributed by atoms with E-state index in [9.17, 15) is 14.4 Å². The highest BCUT2D eigenvalue weighted by Gasteiger charge is 2.43. The van der Waals surface area contributed by atoms with Crippen molar-refractivity contribution in [2.75, 3.05) is 20.1 Å². The van der Waals surface area contributed by atoms with Gasteiger partial charge in [0, 0.05) is 19.1 Å². The molecule has 0 spiro atoms. The van der Waals surface area contributed by atoms with E-state index in [1.54, 1.807) is 16.8 Å². The maximum absolute atomic E-state index is 13.3. The van der Waals surface area contributed by atoms with Gasteiger partial charge in [-0.15, -0.1) is 0 Å². The Kier molecular flexibility index (Phi) is 5.68. The van der Waals surface area contributed by atoms with Crippen LogP contribution in [0.4, 0.5) is 4.79 Å². The van der Waals surface area contributed by atoms with Crippen LogP contribution < -0.4 is 5.32 Å². The zero-order chi connectivity index (χ0) is 21.5. The van der Waals surface area contributed by atoms with Crippen molar-refractivity contribution in [1.82, 2.24) is 20.0 Å². The van der Waals surface area contributed by atoms with Gasteiger partial charge < -0.3 is 15.1 Å². The molecule has 2 aliphatic heterocycles. The molecule has 1 aromatic carbocycles. The Bertz CT molecular complexity index is 849. The van der Waals surface area contributed by atoms with Gasteiger partial charge in [-0.25, -0.2) is 4.79 Å². The second kappa shape index (κ2) is 7.89. The number of nitrogens with zero attached hydrogens (tertiary/aromatic N) is 3. The predicted octanol–water partition coefficient (Wildman–Crippen LogP) is 2.43. The molecule has 0 aromatic heterocycles. The molecule has 0 saturated carbocycles. The van der Waals surface area contributed by atoms with E-state index < -0.39 is 6.04 Å². The number of amides is 4. The Morgan fingerprint density at radius 1 is 1.14 bits per heavy atom. The molecule has 0 radical (unpaired) electrons. The van der Waals surface area contributed by atoms with Crippen LogP contribution in [0.5, 0.6) is 0 Å². The van der Waals surface area contributed by atoms with E-state index in [-0.39, 0.29) is 43.0 Å². The summed E-state index contributed by atoms with van der Waals surface area (Å²) in [6, 6.07) is 7.12. The first kappa shape index (κ1) is 20.9. The van der Waals surface area contributed by atoms with E-state index in [2.05, 4.69) is 5.32 Å². The van der Waals surface area contributed by atoms with E-state index in [0.717, 1.165) is 11.1 Å². The largest absolute Gasteiger partial charge is 0.336 e. The van der Waals surface area contributed by atoms with Gasteiger partial charge in [-0.1, -0.05) is 29.8 Å². The van der Waals surface area contributed by atoms with Crippen LogP contribution in [0.3, 0.4) is 0 Å². The lowest BCUT2D eigenvalue weighted by molar-refractivity contribution is -0.140. The summed E-state index contributed by atoms with van der Waals surface area (Å²) in [5, 5.41) is 2.92. The van der Waals surface area contributed by atoms with Gasteiger partial charge in [-0.05, 0) is 40.2 Å². The Labute approximate surface area is 172 Å². The van der Waals surface area contributed by atoms with Gasteiger partial charge in [0.2, 0.25) is 5.91 Å². The van der Waals surface area contributed by atoms with Crippen molar-refractivity contribution < 1.29 is 14.4 Å². The topological polar surface area (TPSA) is 73.0 Å². The summed E-state index contributed by atoms with van der Waals surface area (Å²) in [5.74, 6) is -0.282. The lowest BCUT2D eigenvalue weighted by Crippen LogP contribution is -2.47. The predicted molar refractivity (Wildman–Crippen MR) is 111 cm³/mol. The Morgan fingerprint density at radius 3 is 2.28 bits per heavy atom. The van der Waals surface area contributed by atoms with E-state index in [0.29, 0.717) is 11.3 Å². The van der Waals surface area contributed by atoms with Gasteiger partial charge in [-0.2, -0.15) is 0 Å². The number of aryl methyl sites for hydroxylation is 1. The minimum Gasteiger partial charge on any atom is -0.336 e. The van der Waals surface area contributed by atoms with Gasteiger partial charge in [0.05, 0.1) is 23.9 Å². The summed E-state index contributed by atoms with van der Waals surface area (Å²) < 4.78 is 0. The van der Waals surface area contributed by atoms with Crippen LogP contribution in [0.1, 0.15) is 44.9 Å². The van der Waals surface area contributed by atoms with E-state index in [4.69, 9.17) is 0 Å². The van der Waals surface area contributed by atoms with Crippen molar-refractivity contribution in [3.8, 4) is 0 Å². The average Bonchev–Trinajstić information content (AvgIpc) is 2.95. The third-order valence-corrected chi connectivity index (χ3v) is 5.57. The molecule has 0 aliphatic carbocycles. The number of benzene rings is 1. The molecule has 1 unspecified atom stereocenters. The molecule has 7 nitrogen and oxygen atoms in total. The molecule has 1 aromatic rings. The normalized spacial score (nSPS) is 19.2. The van der Waals surface area contributed by atoms with E-state index in [1.807, 2.05) is 58.9 Å². The Hall–Kier alpha value is -2.83. The molecule has 4 amide bonds. The number of urea groups is 1.